The molecule has 0 unspecified atom stereocenters. The van der Waals surface area contributed by atoms with Crippen molar-refractivity contribution >= 4 is 23.9 Å². The average Bonchev–Trinajstić information content (AvgIpc) is 3.81. The van der Waals surface area contributed by atoms with Crippen LogP contribution in [0.3, 0.4) is 0 Å². The van der Waals surface area contributed by atoms with Crippen LogP contribution in [-0.2, 0) is 23.8 Å². The lowest BCUT2D eigenvalue weighted by atomic mass is 9.82. The maximum absolute atomic E-state index is 13.7. The molecular weight excluding hydrogens is 636 g/mol. The Kier molecular flexibility index (Phi) is 15.6. The molecule has 0 radical (unpaired) electrons. The molecule has 3 heterocycles. The minimum Gasteiger partial charge on any atom is -0.455 e. The number of nitrogens with zero attached hydrogens (tertiary/aromatic N) is 4. The summed E-state index contributed by atoms with van der Waals surface area (Å²) in [6, 6.07) is 0. The van der Waals surface area contributed by atoms with Gasteiger partial charge in [0, 0.05) is 43.2 Å². The van der Waals surface area contributed by atoms with E-state index >= 15 is 0 Å². The highest BCUT2D eigenvalue weighted by Crippen LogP contribution is 2.27. The lowest BCUT2D eigenvalue weighted by molar-refractivity contribution is -0.141. The van der Waals surface area contributed by atoms with E-state index in [2.05, 4.69) is 29.0 Å². The second-order valence-corrected chi connectivity index (χ2v) is 13.0. The number of allylic oxidation sites excluding steroid dienone is 8. The average molecular weight is 687 g/mol. The van der Waals surface area contributed by atoms with Gasteiger partial charge in [-0.1, -0.05) is 80.9 Å². The summed E-state index contributed by atoms with van der Waals surface area (Å²) in [4.78, 5) is 58.0. The van der Waals surface area contributed by atoms with Crippen LogP contribution in [-0.4, -0.2) is 61.9 Å². The molecule has 2 aromatic heterocycles. The van der Waals surface area contributed by atoms with E-state index < -0.39 is 30.1 Å². The number of imidazole rings is 2. The van der Waals surface area contributed by atoms with E-state index in [0.29, 0.717) is 12.8 Å². The van der Waals surface area contributed by atoms with Crippen LogP contribution in [0.5, 0.6) is 0 Å². The molecule has 6 atom stereocenters. The van der Waals surface area contributed by atoms with Gasteiger partial charge < -0.3 is 14.2 Å². The fourth-order valence-electron chi connectivity index (χ4n) is 5.72. The Hall–Kier alpha value is -5.06. The van der Waals surface area contributed by atoms with Gasteiger partial charge in [-0.25, -0.2) is 33.5 Å². The first-order valence-electron chi connectivity index (χ1n) is 17.0. The molecule has 0 N–H and O–H groups in total. The molecule has 0 aliphatic carbocycles. The number of carbonyl (C=O) groups is 4. The molecule has 0 amide bonds. The molecule has 0 bridgehead atoms. The Labute approximate surface area is 295 Å². The van der Waals surface area contributed by atoms with Crippen molar-refractivity contribution in [3.05, 3.63) is 109 Å². The maximum atomic E-state index is 13.7. The molecule has 0 saturated carbocycles. The van der Waals surface area contributed by atoms with Crippen molar-refractivity contribution < 1.29 is 33.4 Å². The fraction of sp³-hybridized carbons (Fsp3) is 0.436. The molecule has 0 aromatic carbocycles. The number of ketones is 1. The van der Waals surface area contributed by atoms with Crippen LogP contribution in [0.25, 0.3) is 0 Å². The first-order valence-corrected chi connectivity index (χ1v) is 17.0. The standard InChI is InChI=1S/C39H50N4O7/c1-27(22-29(3)14-15-34-12-9-13-35(44)49-34)10-8-11-28(2)23-31(5)36(45)33(7)37(50-39(47)43-20-18-41-26-43)32(6)24-30(4)16-21-48-38(46)42-19-17-40-25-42/h8-9,11,13-20,22-23,25-27,31-34,37H,10,12,21,24H2,1-7H3/b11-8+,15-14+,28-23+,29-22-,30-16+/t27-,31-,32+,33-,34-,37-/m1/s1. The molecule has 0 fully saturated rings. The number of carbonyl (C=O) groups excluding carboxylic acids is 4. The number of ether oxygens (including phenoxy) is 3. The van der Waals surface area contributed by atoms with Crippen molar-refractivity contribution in [1.29, 1.82) is 0 Å². The van der Waals surface area contributed by atoms with Crippen LogP contribution < -0.4 is 0 Å². The first kappa shape index (κ1) is 39.4. The zero-order valence-corrected chi connectivity index (χ0v) is 30.1. The van der Waals surface area contributed by atoms with E-state index in [1.165, 1.54) is 52.7 Å². The minimum absolute atomic E-state index is 0.0400. The highest BCUT2D eigenvalue weighted by atomic mass is 16.6. The Morgan fingerprint density at radius 3 is 2.26 bits per heavy atom. The van der Waals surface area contributed by atoms with Crippen molar-refractivity contribution in [3.63, 3.8) is 0 Å². The van der Waals surface area contributed by atoms with Gasteiger partial charge in [0.25, 0.3) is 0 Å². The van der Waals surface area contributed by atoms with Crippen molar-refractivity contribution in [1.82, 2.24) is 19.1 Å². The summed E-state index contributed by atoms with van der Waals surface area (Å²) in [5, 5.41) is 0. The van der Waals surface area contributed by atoms with E-state index in [-0.39, 0.29) is 36.3 Å². The topological polar surface area (TPSA) is 132 Å². The summed E-state index contributed by atoms with van der Waals surface area (Å²) >= 11 is 0. The third-order valence-electron chi connectivity index (χ3n) is 8.31. The van der Waals surface area contributed by atoms with Crippen LogP contribution in [0, 0.1) is 23.7 Å². The summed E-state index contributed by atoms with van der Waals surface area (Å²) in [7, 11) is 0. The second-order valence-electron chi connectivity index (χ2n) is 13.0. The number of hydrogen-bond donors (Lipinski definition) is 0. The summed E-state index contributed by atoms with van der Waals surface area (Å²) < 4.78 is 19.0. The van der Waals surface area contributed by atoms with Gasteiger partial charge in [-0.05, 0) is 57.6 Å². The SMILES string of the molecule is CC(=C/[C@H](C)C/C=C/C(C)=C/[C@@H](C)C(=O)[C@@H](C)[C@H](OC(=O)n1ccnc1)[C@@H](C)C/C(C)=C/COC(=O)n1ccnc1)/C=C/[C@H]1CC=CC(=O)O1. The molecule has 2 aromatic rings. The second kappa shape index (κ2) is 19.8. The van der Waals surface area contributed by atoms with Crippen LogP contribution >= 0.6 is 0 Å². The normalized spacial score (nSPS) is 18.8. The lowest BCUT2D eigenvalue weighted by Gasteiger charge is -2.30. The summed E-state index contributed by atoms with van der Waals surface area (Å²) in [5.74, 6) is -1.30. The summed E-state index contributed by atoms with van der Waals surface area (Å²) in [5.41, 5.74) is 2.98. The smallest absolute Gasteiger partial charge is 0.419 e. The number of esters is 1. The van der Waals surface area contributed by atoms with Crippen LogP contribution in [0.1, 0.15) is 67.7 Å². The molecule has 1 aliphatic rings. The maximum Gasteiger partial charge on any atom is 0.419 e. The third-order valence-corrected chi connectivity index (χ3v) is 8.31. The first-order chi connectivity index (χ1) is 23.8. The highest BCUT2D eigenvalue weighted by molar-refractivity contribution is 5.85. The van der Waals surface area contributed by atoms with E-state index in [1.807, 2.05) is 65.0 Å². The van der Waals surface area contributed by atoms with Crippen molar-refractivity contribution in [2.75, 3.05) is 6.61 Å². The van der Waals surface area contributed by atoms with E-state index in [4.69, 9.17) is 14.2 Å². The molecule has 0 spiro atoms. The van der Waals surface area contributed by atoms with E-state index in [1.54, 1.807) is 13.0 Å². The van der Waals surface area contributed by atoms with E-state index in [0.717, 1.165) is 23.1 Å². The molecule has 11 heteroatoms. The van der Waals surface area contributed by atoms with Gasteiger partial charge in [0.2, 0.25) is 0 Å². The predicted molar refractivity (Wildman–Crippen MR) is 191 cm³/mol. The van der Waals surface area contributed by atoms with Gasteiger partial charge in [0.05, 0.1) is 5.92 Å². The summed E-state index contributed by atoms with van der Waals surface area (Å²) in [6.45, 7) is 13.7. The van der Waals surface area contributed by atoms with Gasteiger partial charge >= 0.3 is 18.2 Å². The van der Waals surface area contributed by atoms with Crippen molar-refractivity contribution in [2.45, 2.75) is 79.9 Å². The molecular formula is C39H50N4O7. The zero-order valence-electron chi connectivity index (χ0n) is 30.1. The Morgan fingerprint density at radius 1 is 0.960 bits per heavy atom. The molecule has 268 valence electrons. The van der Waals surface area contributed by atoms with Gasteiger partial charge in [-0.3, -0.25) is 4.79 Å². The Morgan fingerprint density at radius 2 is 1.62 bits per heavy atom. The number of aromatic nitrogens is 4. The third kappa shape index (κ3) is 13.1. The quantitative estimate of drug-likeness (QED) is 0.0750. The van der Waals surface area contributed by atoms with Crippen molar-refractivity contribution in [3.8, 4) is 0 Å². The Balaban J connectivity index is 1.60. The number of Topliss-reactive ketones (excluding diaryl/α,β-unsaturated/α-hetero) is 1. The van der Waals surface area contributed by atoms with Gasteiger partial charge in [0.15, 0.2) is 0 Å². The number of hydrogen-bond acceptors (Lipinski definition) is 9. The molecule has 3 rings (SSSR count). The monoisotopic (exact) mass is 686 g/mol. The van der Waals surface area contributed by atoms with Crippen LogP contribution in [0.2, 0.25) is 0 Å². The number of cyclic esters (lactones) is 1. The molecule has 11 nitrogen and oxygen atoms in total. The largest absolute Gasteiger partial charge is 0.455 e. The van der Waals surface area contributed by atoms with E-state index in [9.17, 15) is 19.2 Å². The highest BCUT2D eigenvalue weighted by Gasteiger charge is 2.34. The molecule has 50 heavy (non-hydrogen) atoms. The lowest BCUT2D eigenvalue weighted by Crippen LogP contribution is -2.38. The van der Waals surface area contributed by atoms with Gasteiger partial charge in [0.1, 0.15) is 37.3 Å². The zero-order chi connectivity index (χ0) is 36.6. The van der Waals surface area contributed by atoms with Gasteiger partial charge in [-0.15, -0.1) is 0 Å². The predicted octanol–water partition coefficient (Wildman–Crippen LogP) is 7.83. The van der Waals surface area contributed by atoms with Crippen LogP contribution in [0.4, 0.5) is 9.59 Å². The van der Waals surface area contributed by atoms with Crippen LogP contribution in [0.15, 0.2) is 109 Å². The molecule has 1 aliphatic heterocycles. The Bertz CT molecular complexity index is 1610. The van der Waals surface area contributed by atoms with Gasteiger partial charge in [-0.2, -0.15) is 0 Å². The number of rotatable bonds is 16. The van der Waals surface area contributed by atoms with Crippen molar-refractivity contribution in [2.24, 2.45) is 23.7 Å². The minimum atomic E-state index is -0.715. The fourth-order valence-corrected chi connectivity index (χ4v) is 5.72. The summed E-state index contributed by atoms with van der Waals surface area (Å²) in [6.07, 6.45) is 25.8. The molecule has 0 saturated heterocycles.